The first-order valence-electron chi connectivity index (χ1n) is 8.79. The summed E-state index contributed by atoms with van der Waals surface area (Å²) in [5.41, 5.74) is 4.72. The summed E-state index contributed by atoms with van der Waals surface area (Å²) in [6, 6.07) is 10.7. The van der Waals surface area contributed by atoms with Crippen molar-refractivity contribution in [1.29, 1.82) is 0 Å². The number of hydrazine groups is 1. The largest absolute Gasteiger partial charge is 0.290 e. The zero-order chi connectivity index (χ0) is 20.3. The number of benzene rings is 2. The molecule has 0 aliphatic heterocycles. The van der Waals surface area contributed by atoms with E-state index in [2.05, 4.69) is 16.0 Å². The van der Waals surface area contributed by atoms with Gasteiger partial charge in [0.25, 0.3) is 17.4 Å². The van der Waals surface area contributed by atoms with Crippen molar-refractivity contribution in [2.75, 3.05) is 0 Å². The number of carbonyl (C=O) groups is 2. The minimum Gasteiger partial charge on any atom is -0.267 e. The molecule has 0 bridgehead atoms. The Morgan fingerprint density at radius 3 is 2.43 bits per heavy atom. The third kappa shape index (κ3) is 3.75. The van der Waals surface area contributed by atoms with Crippen molar-refractivity contribution in [3.05, 3.63) is 75.5 Å². The van der Waals surface area contributed by atoms with Gasteiger partial charge in [-0.1, -0.05) is 31.2 Å². The van der Waals surface area contributed by atoms with E-state index in [0.717, 1.165) is 6.07 Å². The number of nitrogens with one attached hydrogen (secondary N) is 2. The average molecular weight is 382 g/mol. The van der Waals surface area contributed by atoms with Crippen LogP contribution in [0.4, 0.5) is 4.39 Å². The fraction of sp³-hybridized carbons (Fsp3) is 0.200. The fourth-order valence-electron chi connectivity index (χ4n) is 2.75. The van der Waals surface area contributed by atoms with Crippen LogP contribution in [0.15, 0.2) is 47.3 Å². The van der Waals surface area contributed by atoms with Gasteiger partial charge in [0.2, 0.25) is 0 Å². The highest BCUT2D eigenvalue weighted by atomic mass is 19.1. The van der Waals surface area contributed by atoms with Crippen molar-refractivity contribution in [1.82, 2.24) is 20.6 Å². The number of fused-ring (bicyclic) bond motifs is 1. The second kappa shape index (κ2) is 7.99. The minimum atomic E-state index is -0.679. The molecule has 0 atom stereocenters. The number of aryl methyl sites for hydroxylation is 2. The van der Waals surface area contributed by atoms with Gasteiger partial charge in [-0.25, -0.2) is 9.07 Å². The summed E-state index contributed by atoms with van der Waals surface area (Å²) < 4.78 is 14.9. The average Bonchev–Trinajstić information content (AvgIpc) is 2.70. The van der Waals surface area contributed by atoms with Crippen LogP contribution < -0.4 is 16.4 Å². The third-order valence-corrected chi connectivity index (χ3v) is 4.24. The summed E-state index contributed by atoms with van der Waals surface area (Å²) >= 11 is 0. The molecule has 0 saturated heterocycles. The van der Waals surface area contributed by atoms with Gasteiger partial charge in [0.05, 0.1) is 5.39 Å². The lowest BCUT2D eigenvalue weighted by atomic mass is 10.1. The SMILES string of the molecule is CCCn1nc(C(=O)NNC(=O)c2ccc(C)c(F)c2)c2ccccc2c1=O. The Balaban J connectivity index is 1.87. The number of amides is 2. The van der Waals surface area contributed by atoms with Crippen LogP contribution in [0.2, 0.25) is 0 Å². The van der Waals surface area contributed by atoms with Crippen LogP contribution in [-0.2, 0) is 6.54 Å². The molecule has 1 heterocycles. The van der Waals surface area contributed by atoms with Gasteiger partial charge in [0.15, 0.2) is 5.69 Å². The van der Waals surface area contributed by atoms with Gasteiger partial charge in [-0.15, -0.1) is 0 Å². The molecule has 0 saturated carbocycles. The minimum absolute atomic E-state index is 0.0130. The van der Waals surface area contributed by atoms with Gasteiger partial charge < -0.3 is 0 Å². The molecule has 0 fully saturated rings. The standard InChI is InChI=1S/C20H19FN4O3/c1-3-10-25-20(28)15-7-5-4-6-14(15)17(24-25)19(27)23-22-18(26)13-9-8-12(2)16(21)11-13/h4-9,11H,3,10H2,1-2H3,(H,22,26)(H,23,27). The normalized spacial score (nSPS) is 10.7. The van der Waals surface area contributed by atoms with E-state index in [4.69, 9.17) is 0 Å². The molecule has 2 amide bonds. The summed E-state index contributed by atoms with van der Waals surface area (Å²) in [7, 11) is 0. The lowest BCUT2D eigenvalue weighted by Gasteiger charge is -2.11. The van der Waals surface area contributed by atoms with E-state index < -0.39 is 17.6 Å². The van der Waals surface area contributed by atoms with Crippen LogP contribution in [0, 0.1) is 12.7 Å². The fourth-order valence-corrected chi connectivity index (χ4v) is 2.75. The number of halogens is 1. The maximum Gasteiger partial charge on any atom is 0.290 e. The van der Waals surface area contributed by atoms with E-state index in [0.29, 0.717) is 29.3 Å². The molecule has 28 heavy (non-hydrogen) atoms. The van der Waals surface area contributed by atoms with Gasteiger partial charge in [-0.2, -0.15) is 5.10 Å². The van der Waals surface area contributed by atoms with E-state index in [1.807, 2.05) is 6.92 Å². The highest BCUT2D eigenvalue weighted by Gasteiger charge is 2.17. The number of carbonyl (C=O) groups excluding carboxylic acids is 2. The quantitative estimate of drug-likeness (QED) is 0.678. The molecular weight excluding hydrogens is 363 g/mol. The molecule has 1 aromatic heterocycles. The molecule has 3 rings (SSSR count). The molecule has 0 spiro atoms. The number of hydrogen-bond donors (Lipinski definition) is 2. The summed E-state index contributed by atoms with van der Waals surface area (Å²) in [4.78, 5) is 37.2. The van der Waals surface area contributed by atoms with E-state index in [1.165, 1.54) is 16.8 Å². The van der Waals surface area contributed by atoms with Gasteiger partial charge in [-0.3, -0.25) is 25.2 Å². The molecule has 0 unspecified atom stereocenters. The van der Waals surface area contributed by atoms with Crippen molar-refractivity contribution in [3.8, 4) is 0 Å². The summed E-state index contributed by atoms with van der Waals surface area (Å²) in [6.07, 6.45) is 0.669. The van der Waals surface area contributed by atoms with Gasteiger partial charge >= 0.3 is 0 Å². The number of rotatable bonds is 4. The molecule has 7 nitrogen and oxygen atoms in total. The number of nitrogens with zero attached hydrogens (tertiary/aromatic N) is 2. The van der Waals surface area contributed by atoms with Crippen LogP contribution in [0.5, 0.6) is 0 Å². The van der Waals surface area contributed by atoms with E-state index in [9.17, 15) is 18.8 Å². The van der Waals surface area contributed by atoms with Gasteiger partial charge in [0.1, 0.15) is 5.82 Å². The monoisotopic (exact) mass is 382 g/mol. The Kier molecular flexibility index (Phi) is 5.49. The highest BCUT2D eigenvalue weighted by Crippen LogP contribution is 2.13. The molecule has 3 aromatic rings. The Morgan fingerprint density at radius 2 is 1.75 bits per heavy atom. The van der Waals surface area contributed by atoms with Crippen molar-refractivity contribution in [2.45, 2.75) is 26.8 Å². The highest BCUT2D eigenvalue weighted by molar-refractivity contribution is 6.06. The van der Waals surface area contributed by atoms with Crippen molar-refractivity contribution in [2.24, 2.45) is 0 Å². The maximum absolute atomic E-state index is 13.6. The first-order valence-corrected chi connectivity index (χ1v) is 8.79. The van der Waals surface area contributed by atoms with E-state index >= 15 is 0 Å². The Morgan fingerprint density at radius 1 is 1.07 bits per heavy atom. The van der Waals surface area contributed by atoms with Crippen LogP contribution in [-0.4, -0.2) is 21.6 Å². The van der Waals surface area contributed by atoms with Crippen LogP contribution in [0.3, 0.4) is 0 Å². The maximum atomic E-state index is 13.6. The molecule has 0 radical (unpaired) electrons. The zero-order valence-corrected chi connectivity index (χ0v) is 15.5. The van der Waals surface area contributed by atoms with Crippen LogP contribution in [0.25, 0.3) is 10.8 Å². The van der Waals surface area contributed by atoms with Gasteiger partial charge in [0, 0.05) is 17.5 Å². The topological polar surface area (TPSA) is 93.1 Å². The summed E-state index contributed by atoms with van der Waals surface area (Å²) in [5.74, 6) is -1.86. The molecule has 0 aliphatic carbocycles. The molecular formula is C20H19FN4O3. The van der Waals surface area contributed by atoms with Crippen molar-refractivity contribution in [3.63, 3.8) is 0 Å². The lowest BCUT2D eigenvalue weighted by molar-refractivity contribution is 0.0843. The molecule has 2 aromatic carbocycles. The third-order valence-electron chi connectivity index (χ3n) is 4.24. The summed E-state index contributed by atoms with van der Waals surface area (Å²) in [6.45, 7) is 3.84. The van der Waals surface area contributed by atoms with E-state index in [-0.39, 0.29) is 16.8 Å². The summed E-state index contributed by atoms with van der Waals surface area (Å²) in [5, 5.41) is 4.89. The second-order valence-electron chi connectivity index (χ2n) is 6.29. The Hall–Kier alpha value is -3.55. The second-order valence-corrected chi connectivity index (χ2v) is 6.29. The first-order chi connectivity index (χ1) is 13.4. The van der Waals surface area contributed by atoms with E-state index in [1.54, 1.807) is 31.2 Å². The predicted molar refractivity (Wildman–Crippen MR) is 102 cm³/mol. The van der Waals surface area contributed by atoms with Crippen molar-refractivity contribution >= 4 is 22.6 Å². The van der Waals surface area contributed by atoms with Gasteiger partial charge in [-0.05, 0) is 37.1 Å². The van der Waals surface area contributed by atoms with Crippen molar-refractivity contribution < 1.29 is 14.0 Å². The Bertz CT molecular complexity index is 1120. The van der Waals surface area contributed by atoms with Crippen LogP contribution >= 0.6 is 0 Å². The molecule has 144 valence electrons. The number of hydrogen-bond acceptors (Lipinski definition) is 4. The predicted octanol–water partition coefficient (Wildman–Crippen LogP) is 2.33. The number of aromatic nitrogens is 2. The van der Waals surface area contributed by atoms with Crippen LogP contribution in [0.1, 0.15) is 39.8 Å². The smallest absolute Gasteiger partial charge is 0.267 e. The first kappa shape index (κ1) is 19.2. The lowest BCUT2D eigenvalue weighted by Crippen LogP contribution is -2.42. The Labute approximate surface area is 160 Å². The molecule has 8 heteroatoms. The zero-order valence-electron chi connectivity index (χ0n) is 15.5. The molecule has 0 aliphatic rings. The molecule has 2 N–H and O–H groups in total.